The van der Waals surface area contributed by atoms with E-state index in [1.165, 1.54) is 32.1 Å². The van der Waals surface area contributed by atoms with Crippen LogP contribution in [0.3, 0.4) is 0 Å². The van der Waals surface area contributed by atoms with Crippen LogP contribution in [0.25, 0.3) is 0 Å². The van der Waals surface area contributed by atoms with Gasteiger partial charge in [0.25, 0.3) is 0 Å². The van der Waals surface area contributed by atoms with Gasteiger partial charge in [-0.15, -0.1) is 0 Å². The minimum atomic E-state index is -0.956. The average molecular weight is 625 g/mol. The maximum Gasteiger partial charge on any atom is 0.247 e. The molecule has 37 heavy (non-hydrogen) atoms. The fourth-order valence-electron chi connectivity index (χ4n) is 6.21. The molecule has 2 saturated carbocycles. The Balaban J connectivity index is 1.61. The average Bonchev–Trinajstić information content (AvgIpc) is 3.44. The molecule has 0 radical (unpaired) electrons. The van der Waals surface area contributed by atoms with Crippen LogP contribution in [0.2, 0.25) is 0 Å². The third-order valence-electron chi connectivity index (χ3n) is 8.17. The first-order chi connectivity index (χ1) is 18.0. The Morgan fingerprint density at radius 3 is 2.46 bits per heavy atom. The molecule has 7 nitrogen and oxygen atoms in total. The normalized spacial score (nSPS) is 24.9. The van der Waals surface area contributed by atoms with Gasteiger partial charge < -0.3 is 25.2 Å². The van der Waals surface area contributed by atoms with E-state index in [4.69, 9.17) is 4.74 Å². The van der Waals surface area contributed by atoms with Crippen LogP contribution in [0.15, 0.2) is 35.9 Å². The van der Waals surface area contributed by atoms with Crippen molar-refractivity contribution in [2.75, 3.05) is 13.2 Å². The number of hydrogen-bond acceptors (Lipinski definition) is 5. The van der Waals surface area contributed by atoms with Crippen LogP contribution >= 0.6 is 22.6 Å². The third kappa shape index (κ3) is 7.47. The van der Waals surface area contributed by atoms with E-state index >= 15 is 0 Å². The quantitative estimate of drug-likeness (QED) is 0.337. The van der Waals surface area contributed by atoms with Crippen LogP contribution < -0.4 is 10.1 Å². The van der Waals surface area contributed by atoms with Gasteiger partial charge in [-0.1, -0.05) is 57.1 Å². The highest BCUT2D eigenvalue weighted by molar-refractivity contribution is 14.1. The minimum Gasteiger partial charge on any atom is -0.482 e. The smallest absolute Gasteiger partial charge is 0.247 e. The van der Waals surface area contributed by atoms with Crippen LogP contribution in [-0.2, 0) is 9.59 Å². The standard InChI is InChI=1S/C29H41IN2O5/c30-23-12-6-7-13-25(23)37-26-19-21(29(36)31-16-17-33)18-24(28(26)35)32(22-10-2-1-3-11-22)27(34)15-14-20-8-4-5-9-20/h6-7,12-13,19-20,22,24,26,28,33,35H,1-5,8-11,14-18H2,(H,31,36)/t24-,26+,28+/m1/s1. The van der Waals surface area contributed by atoms with E-state index in [-0.39, 0.29) is 37.4 Å². The first-order valence-electron chi connectivity index (χ1n) is 14.0. The van der Waals surface area contributed by atoms with Crippen molar-refractivity contribution in [1.29, 1.82) is 0 Å². The number of rotatable bonds is 10. The lowest BCUT2D eigenvalue weighted by molar-refractivity contribution is -0.143. The highest BCUT2D eigenvalue weighted by Crippen LogP contribution is 2.35. The van der Waals surface area contributed by atoms with Gasteiger partial charge in [-0.25, -0.2) is 0 Å². The molecule has 1 aromatic rings. The van der Waals surface area contributed by atoms with Crippen LogP contribution in [0.5, 0.6) is 5.75 Å². The van der Waals surface area contributed by atoms with Crippen molar-refractivity contribution in [3.8, 4) is 5.75 Å². The Morgan fingerprint density at radius 2 is 1.76 bits per heavy atom. The summed E-state index contributed by atoms with van der Waals surface area (Å²) < 4.78 is 7.18. The Bertz CT molecular complexity index is 942. The first-order valence-corrected chi connectivity index (χ1v) is 15.1. The zero-order valence-corrected chi connectivity index (χ0v) is 23.8. The van der Waals surface area contributed by atoms with E-state index in [0.717, 1.165) is 35.7 Å². The molecule has 3 aliphatic carbocycles. The van der Waals surface area contributed by atoms with Crippen molar-refractivity contribution in [3.05, 3.63) is 39.5 Å². The van der Waals surface area contributed by atoms with E-state index in [9.17, 15) is 19.8 Å². The number of halogens is 1. The number of para-hydroxylation sites is 1. The number of hydrogen-bond donors (Lipinski definition) is 3. The van der Waals surface area contributed by atoms with Gasteiger partial charge in [-0.2, -0.15) is 0 Å². The topological polar surface area (TPSA) is 99.1 Å². The van der Waals surface area contributed by atoms with Gasteiger partial charge in [0.2, 0.25) is 11.8 Å². The first kappa shape index (κ1) is 28.4. The van der Waals surface area contributed by atoms with E-state index < -0.39 is 18.2 Å². The summed E-state index contributed by atoms with van der Waals surface area (Å²) >= 11 is 2.20. The molecule has 2 fully saturated rings. The molecule has 0 spiro atoms. The van der Waals surface area contributed by atoms with E-state index in [2.05, 4.69) is 27.9 Å². The van der Waals surface area contributed by atoms with Gasteiger partial charge in [0.1, 0.15) is 18.0 Å². The number of nitrogens with one attached hydrogen (secondary N) is 1. The Morgan fingerprint density at radius 1 is 1.05 bits per heavy atom. The van der Waals surface area contributed by atoms with Crippen molar-refractivity contribution >= 4 is 34.4 Å². The van der Waals surface area contributed by atoms with Gasteiger partial charge in [0.05, 0.1) is 16.2 Å². The summed E-state index contributed by atoms with van der Waals surface area (Å²) in [7, 11) is 0. The summed E-state index contributed by atoms with van der Waals surface area (Å²) in [5, 5.41) is 23.6. The summed E-state index contributed by atoms with van der Waals surface area (Å²) in [5.74, 6) is 1.05. The lowest BCUT2D eigenvalue weighted by Gasteiger charge is -2.45. The van der Waals surface area contributed by atoms with Gasteiger partial charge in [0, 0.05) is 31.0 Å². The molecule has 8 heteroatoms. The molecule has 0 aliphatic heterocycles. The number of ether oxygens (including phenoxy) is 1. The van der Waals surface area contributed by atoms with Crippen molar-refractivity contribution in [2.45, 2.75) is 101 Å². The molecule has 204 valence electrons. The molecule has 0 unspecified atom stereocenters. The number of aliphatic hydroxyl groups is 2. The maximum absolute atomic E-state index is 13.8. The lowest BCUT2D eigenvalue weighted by atomic mass is 9.84. The highest BCUT2D eigenvalue weighted by Gasteiger charge is 2.43. The molecule has 0 bridgehead atoms. The largest absolute Gasteiger partial charge is 0.482 e. The van der Waals surface area contributed by atoms with Crippen molar-refractivity contribution in [1.82, 2.24) is 10.2 Å². The SMILES string of the molecule is O=C(NCCO)C1=C[C@H](Oc2ccccc2I)[C@@H](O)[C@H](N(C(=O)CCC2CCCC2)C2CCCCC2)C1. The number of nitrogens with zero attached hydrogens (tertiary/aromatic N) is 1. The van der Waals surface area contributed by atoms with Gasteiger partial charge in [0.15, 0.2) is 0 Å². The summed E-state index contributed by atoms with van der Waals surface area (Å²) in [6, 6.07) is 7.12. The number of carbonyl (C=O) groups is 2. The number of benzene rings is 1. The lowest BCUT2D eigenvalue weighted by Crippen LogP contribution is -2.58. The van der Waals surface area contributed by atoms with Crippen molar-refractivity contribution < 1.29 is 24.5 Å². The minimum absolute atomic E-state index is 0.0712. The van der Waals surface area contributed by atoms with E-state index in [0.29, 0.717) is 23.7 Å². The van der Waals surface area contributed by atoms with E-state index in [1.807, 2.05) is 29.2 Å². The summed E-state index contributed by atoms with van der Waals surface area (Å²) in [6.45, 7) is -0.000770. The summed E-state index contributed by atoms with van der Waals surface area (Å²) in [5.41, 5.74) is 0.490. The fourth-order valence-corrected chi connectivity index (χ4v) is 6.72. The monoisotopic (exact) mass is 624 g/mol. The molecule has 2 amide bonds. The second-order valence-electron chi connectivity index (χ2n) is 10.7. The molecular formula is C29H41IN2O5. The molecule has 4 rings (SSSR count). The zero-order chi connectivity index (χ0) is 26.2. The van der Waals surface area contributed by atoms with E-state index in [1.54, 1.807) is 6.08 Å². The molecule has 1 aromatic carbocycles. The Kier molecular flexibility index (Phi) is 10.7. The second-order valence-corrected chi connectivity index (χ2v) is 11.9. The Labute approximate surface area is 234 Å². The predicted molar refractivity (Wildman–Crippen MR) is 151 cm³/mol. The number of amides is 2. The van der Waals surface area contributed by atoms with Crippen LogP contribution in [0.1, 0.15) is 77.0 Å². The van der Waals surface area contributed by atoms with Crippen LogP contribution in [0.4, 0.5) is 0 Å². The second kappa shape index (κ2) is 13.9. The fraction of sp³-hybridized carbons (Fsp3) is 0.655. The maximum atomic E-state index is 13.8. The van der Waals surface area contributed by atoms with Crippen molar-refractivity contribution in [3.63, 3.8) is 0 Å². The van der Waals surface area contributed by atoms with Crippen LogP contribution in [-0.4, -0.2) is 64.4 Å². The molecule has 3 atom stereocenters. The molecule has 3 N–H and O–H groups in total. The van der Waals surface area contributed by atoms with Gasteiger partial charge in [-0.05, 0) is 66.0 Å². The molecule has 0 heterocycles. The zero-order valence-electron chi connectivity index (χ0n) is 21.6. The molecule has 3 aliphatic rings. The van der Waals surface area contributed by atoms with Gasteiger partial charge >= 0.3 is 0 Å². The molecular weight excluding hydrogens is 583 g/mol. The van der Waals surface area contributed by atoms with Crippen LogP contribution in [0, 0.1) is 9.49 Å². The highest BCUT2D eigenvalue weighted by atomic mass is 127. The molecule has 0 saturated heterocycles. The predicted octanol–water partition coefficient (Wildman–Crippen LogP) is 4.34. The van der Waals surface area contributed by atoms with Gasteiger partial charge in [-0.3, -0.25) is 9.59 Å². The summed E-state index contributed by atoms with van der Waals surface area (Å²) in [6.07, 6.45) is 11.7. The molecule has 0 aromatic heterocycles. The number of aliphatic hydroxyl groups excluding tert-OH is 2. The Hall–Kier alpha value is -1.65. The number of carbonyl (C=O) groups excluding carboxylic acids is 2. The third-order valence-corrected chi connectivity index (χ3v) is 9.06. The summed E-state index contributed by atoms with van der Waals surface area (Å²) in [4.78, 5) is 28.8. The van der Waals surface area contributed by atoms with Crippen molar-refractivity contribution in [2.24, 2.45) is 5.92 Å².